The lowest BCUT2D eigenvalue weighted by Gasteiger charge is -2.20. The number of aliphatic hydroxyl groups excluding tert-OH is 2. The van der Waals surface area contributed by atoms with E-state index in [-0.39, 0.29) is 23.7 Å². The first-order valence-corrected chi connectivity index (χ1v) is 18.4. The molecule has 0 saturated heterocycles. The molecule has 11 nitrogen and oxygen atoms in total. The van der Waals surface area contributed by atoms with Crippen molar-refractivity contribution in [3.8, 4) is 0 Å². The maximum atomic E-state index is 12.3. The largest absolute Gasteiger partial charge is 0.394 e. The molecule has 0 radical (unpaired) electrons. The highest BCUT2D eigenvalue weighted by atomic mass is 16.6. The number of nitro groups is 1. The molecule has 0 fully saturated rings. The number of carbonyl (C=O) groups excluding carboxylic acids is 1. The topological polar surface area (TPSA) is 164 Å². The summed E-state index contributed by atoms with van der Waals surface area (Å²) in [5.74, 6) is -0.121. The quantitative estimate of drug-likeness (QED) is 0.0278. The molecule has 1 amide bonds. The highest BCUT2D eigenvalue weighted by Crippen LogP contribution is 2.28. The summed E-state index contributed by atoms with van der Waals surface area (Å²) in [6.45, 7) is 2.71. The van der Waals surface area contributed by atoms with E-state index in [2.05, 4.69) is 27.9 Å². The third-order valence-corrected chi connectivity index (χ3v) is 8.75. The third kappa shape index (κ3) is 17.6. The zero-order valence-electron chi connectivity index (χ0n) is 28.8. The molecule has 0 spiro atoms. The Kier molecular flexibility index (Phi) is 22.2. The average Bonchev–Trinajstić information content (AvgIpc) is 3.56. The summed E-state index contributed by atoms with van der Waals surface area (Å²) in [6.07, 6.45) is 28.1. The van der Waals surface area contributed by atoms with Gasteiger partial charge in [-0.1, -0.05) is 128 Å². The lowest BCUT2D eigenvalue weighted by Crippen LogP contribution is -2.45. The van der Waals surface area contributed by atoms with Crippen molar-refractivity contribution < 1.29 is 24.6 Å². The van der Waals surface area contributed by atoms with Gasteiger partial charge < -0.3 is 20.8 Å². The minimum Gasteiger partial charge on any atom is -0.394 e. The van der Waals surface area contributed by atoms with Gasteiger partial charge in [0.2, 0.25) is 11.4 Å². The van der Waals surface area contributed by atoms with Crippen molar-refractivity contribution in [2.24, 2.45) is 0 Å². The van der Waals surface area contributed by atoms with Crippen LogP contribution < -0.4 is 10.6 Å². The van der Waals surface area contributed by atoms with Gasteiger partial charge in [0.15, 0.2) is 5.52 Å². The van der Waals surface area contributed by atoms with Gasteiger partial charge in [0, 0.05) is 19.0 Å². The second kappa shape index (κ2) is 26.0. The van der Waals surface area contributed by atoms with Crippen molar-refractivity contribution in [2.45, 2.75) is 160 Å². The van der Waals surface area contributed by atoms with Gasteiger partial charge in [0.25, 0.3) is 0 Å². The first-order valence-electron chi connectivity index (χ1n) is 18.4. The number of nitrogens with zero attached hydrogens (tertiary/aromatic N) is 3. The highest BCUT2D eigenvalue weighted by molar-refractivity contribution is 5.93. The van der Waals surface area contributed by atoms with Crippen LogP contribution in [0.3, 0.4) is 0 Å². The summed E-state index contributed by atoms with van der Waals surface area (Å²) in [5, 5.41) is 44.7. The summed E-state index contributed by atoms with van der Waals surface area (Å²) >= 11 is 0. The number of unbranched alkanes of at least 4 members (excludes halogenated alkanes) is 19. The molecule has 47 heavy (non-hydrogen) atoms. The number of aromatic nitrogens is 2. The molecule has 0 aliphatic carbocycles. The SMILES string of the molecule is CCCCCCCCCCCCC/C=C/[C@@H](O)[C@H](CO)NC(=O)CCCCCCCCCCCNc1ccc([N+](=O)[O-])c2nonc12. The van der Waals surface area contributed by atoms with E-state index in [9.17, 15) is 25.1 Å². The smallest absolute Gasteiger partial charge is 0.300 e. The molecule has 0 saturated carbocycles. The van der Waals surface area contributed by atoms with Gasteiger partial charge >= 0.3 is 5.69 Å². The summed E-state index contributed by atoms with van der Waals surface area (Å²) in [5.41, 5.74) is 1.10. The van der Waals surface area contributed by atoms with E-state index in [1.807, 2.05) is 6.08 Å². The molecule has 0 aliphatic heterocycles. The van der Waals surface area contributed by atoms with E-state index < -0.39 is 17.1 Å². The number of benzene rings is 1. The van der Waals surface area contributed by atoms with Gasteiger partial charge in [-0.05, 0) is 42.1 Å². The monoisotopic (exact) mass is 659 g/mol. The van der Waals surface area contributed by atoms with Crippen LogP contribution in [0, 0.1) is 10.1 Å². The minimum absolute atomic E-state index is 0.117. The second-order valence-corrected chi connectivity index (χ2v) is 12.8. The van der Waals surface area contributed by atoms with Gasteiger partial charge in [-0.25, -0.2) is 4.63 Å². The highest BCUT2D eigenvalue weighted by Gasteiger charge is 2.19. The zero-order valence-corrected chi connectivity index (χ0v) is 28.8. The van der Waals surface area contributed by atoms with Crippen LogP contribution in [0.25, 0.3) is 11.0 Å². The fourth-order valence-corrected chi connectivity index (χ4v) is 5.83. The Bertz CT molecular complexity index is 1140. The molecule has 2 atom stereocenters. The minimum atomic E-state index is -0.878. The normalized spacial score (nSPS) is 12.9. The Morgan fingerprint density at radius 3 is 2.00 bits per heavy atom. The van der Waals surface area contributed by atoms with Gasteiger partial charge in [0.05, 0.1) is 29.4 Å². The number of hydrogen-bond donors (Lipinski definition) is 4. The molecular weight excluding hydrogens is 598 g/mol. The molecule has 1 aromatic heterocycles. The molecule has 2 aromatic rings. The Balaban J connectivity index is 1.41. The molecule has 2 rings (SSSR count). The van der Waals surface area contributed by atoms with Crippen LogP contribution in [-0.2, 0) is 4.79 Å². The van der Waals surface area contributed by atoms with Crippen LogP contribution in [0.15, 0.2) is 28.9 Å². The molecule has 4 N–H and O–H groups in total. The van der Waals surface area contributed by atoms with Gasteiger partial charge in [-0.3, -0.25) is 14.9 Å². The Hall–Kier alpha value is -3.05. The molecular formula is C36H61N5O6. The number of fused-ring (bicyclic) bond motifs is 1. The summed E-state index contributed by atoms with van der Waals surface area (Å²) in [6, 6.07) is 2.39. The summed E-state index contributed by atoms with van der Waals surface area (Å²) < 4.78 is 4.70. The van der Waals surface area contributed by atoms with Gasteiger partial charge in [-0.2, -0.15) is 0 Å². The number of hydrogen-bond acceptors (Lipinski definition) is 9. The van der Waals surface area contributed by atoms with Crippen LogP contribution in [-0.4, -0.2) is 56.7 Å². The van der Waals surface area contributed by atoms with Crippen molar-refractivity contribution in [3.63, 3.8) is 0 Å². The summed E-state index contributed by atoms with van der Waals surface area (Å²) in [4.78, 5) is 23.0. The Morgan fingerprint density at radius 2 is 1.40 bits per heavy atom. The predicted octanol–water partition coefficient (Wildman–Crippen LogP) is 8.54. The van der Waals surface area contributed by atoms with Crippen LogP contribution in [0.1, 0.15) is 148 Å². The predicted molar refractivity (Wildman–Crippen MR) is 188 cm³/mol. The van der Waals surface area contributed by atoms with Crippen molar-refractivity contribution in [1.29, 1.82) is 0 Å². The lowest BCUT2D eigenvalue weighted by molar-refractivity contribution is -0.383. The van der Waals surface area contributed by atoms with E-state index in [0.29, 0.717) is 17.6 Å². The average molecular weight is 660 g/mol. The number of aliphatic hydroxyl groups is 2. The number of non-ortho nitro benzene ring substituents is 1. The van der Waals surface area contributed by atoms with Crippen molar-refractivity contribution in [2.75, 3.05) is 18.5 Å². The number of anilines is 1. The van der Waals surface area contributed by atoms with E-state index >= 15 is 0 Å². The zero-order chi connectivity index (χ0) is 34.0. The van der Waals surface area contributed by atoms with E-state index in [0.717, 1.165) is 77.2 Å². The van der Waals surface area contributed by atoms with Crippen LogP contribution in [0.5, 0.6) is 0 Å². The standard InChI is InChI=1S/C36H61N5O6/c1-2-3-4-5-6-7-8-9-10-12-15-18-21-24-33(43)31(29-42)38-34(44)25-22-19-16-13-11-14-17-20-23-28-37-30-26-27-32(41(45)46)36-35(30)39-47-40-36/h21,24,26-27,31,33,37,42-43H,2-20,22-23,25,28-29H2,1H3,(H,38,44)/b24-21+/t31-,33+/m0/s1. The van der Waals surface area contributed by atoms with Crippen molar-refractivity contribution >= 4 is 28.3 Å². The first kappa shape index (κ1) is 40.1. The van der Waals surface area contributed by atoms with Crippen molar-refractivity contribution in [3.05, 3.63) is 34.4 Å². The van der Waals surface area contributed by atoms with Crippen LogP contribution in [0.2, 0.25) is 0 Å². The molecule has 266 valence electrons. The fraction of sp³-hybridized carbons (Fsp3) is 0.750. The number of nitro benzene ring substituents is 1. The number of nitrogens with one attached hydrogen (secondary N) is 2. The number of amides is 1. The maximum absolute atomic E-state index is 12.3. The number of allylic oxidation sites excluding steroid dienone is 1. The molecule has 0 aliphatic rings. The Labute approximate surface area is 281 Å². The number of carbonyl (C=O) groups is 1. The summed E-state index contributed by atoms with van der Waals surface area (Å²) in [7, 11) is 0. The number of rotatable bonds is 30. The van der Waals surface area contributed by atoms with Gasteiger partial charge in [-0.15, -0.1) is 0 Å². The van der Waals surface area contributed by atoms with E-state index in [1.165, 1.54) is 70.3 Å². The maximum Gasteiger partial charge on any atom is 0.300 e. The second-order valence-electron chi connectivity index (χ2n) is 12.8. The lowest BCUT2D eigenvalue weighted by atomic mass is 10.0. The Morgan fingerprint density at radius 1 is 0.851 bits per heavy atom. The fourth-order valence-electron chi connectivity index (χ4n) is 5.83. The molecule has 0 unspecified atom stereocenters. The van der Waals surface area contributed by atoms with E-state index in [1.54, 1.807) is 12.1 Å². The van der Waals surface area contributed by atoms with E-state index in [4.69, 9.17) is 4.63 Å². The van der Waals surface area contributed by atoms with Gasteiger partial charge in [0.1, 0.15) is 0 Å². The first-order chi connectivity index (χ1) is 23.0. The van der Waals surface area contributed by atoms with Crippen molar-refractivity contribution in [1.82, 2.24) is 15.6 Å². The molecule has 1 heterocycles. The third-order valence-electron chi connectivity index (χ3n) is 8.75. The molecule has 11 heteroatoms. The molecule has 0 bridgehead atoms. The molecule has 1 aromatic carbocycles. The van der Waals surface area contributed by atoms with Crippen LogP contribution in [0.4, 0.5) is 11.4 Å². The van der Waals surface area contributed by atoms with Crippen LogP contribution >= 0.6 is 0 Å².